The van der Waals surface area contributed by atoms with Gasteiger partial charge in [0.15, 0.2) is 0 Å². The summed E-state index contributed by atoms with van der Waals surface area (Å²) in [5.74, 6) is 0. The number of hydrogen-bond donors (Lipinski definition) is 0. The van der Waals surface area contributed by atoms with Crippen LogP contribution in [0.5, 0.6) is 0 Å². The van der Waals surface area contributed by atoms with Gasteiger partial charge >= 0.3 is 0 Å². The first-order valence-electron chi connectivity index (χ1n) is 27.3. The van der Waals surface area contributed by atoms with Crippen LogP contribution in [-0.4, -0.2) is 6.71 Å². The third-order valence-electron chi connectivity index (χ3n) is 16.9. The van der Waals surface area contributed by atoms with Gasteiger partial charge in [0.05, 0.1) is 11.4 Å². The Morgan fingerprint density at radius 3 is 1.41 bits per heavy atom. The standard InChI is InChI=1S/C71H70BN3/c1-47-40-51(68(2,3)4)33-36-61(47)74-64-46-58-57(70(8,9)38-39-71(58,10)11)45-60(64)72-59-41-50(48-24-16-12-17-25-48)32-35-63(59)75(62-37-34-52(69(5,6)7)42-56(62)49-26-18-13-19-27-49)66-44-55(43-65(74)67(66)72)73(53-28-20-14-21-29-53)54-30-22-15-23-31-54/h12-37,40-46H,38-39H2,1-11H3. The highest BCUT2D eigenvalue weighted by Gasteiger charge is 2.47. The molecule has 0 saturated carbocycles. The van der Waals surface area contributed by atoms with E-state index >= 15 is 0 Å². The first kappa shape index (κ1) is 48.4. The van der Waals surface area contributed by atoms with Crippen LogP contribution in [0.3, 0.4) is 0 Å². The number of anilines is 9. The van der Waals surface area contributed by atoms with Crippen LogP contribution in [0.2, 0.25) is 0 Å². The lowest BCUT2D eigenvalue weighted by atomic mass is 9.33. The highest BCUT2D eigenvalue weighted by molar-refractivity contribution is 7.00. The van der Waals surface area contributed by atoms with Crippen LogP contribution in [0.15, 0.2) is 200 Å². The van der Waals surface area contributed by atoms with E-state index in [1.54, 1.807) is 0 Å². The molecule has 0 fully saturated rings. The van der Waals surface area contributed by atoms with Crippen LogP contribution in [-0.2, 0) is 21.7 Å². The molecule has 9 aromatic rings. The van der Waals surface area contributed by atoms with Crippen molar-refractivity contribution < 1.29 is 0 Å². The zero-order valence-corrected chi connectivity index (χ0v) is 45.9. The van der Waals surface area contributed by atoms with Gasteiger partial charge < -0.3 is 14.7 Å². The Balaban J connectivity index is 1.27. The van der Waals surface area contributed by atoms with Crippen molar-refractivity contribution in [3.63, 3.8) is 0 Å². The van der Waals surface area contributed by atoms with Gasteiger partial charge in [0, 0.05) is 45.4 Å². The Morgan fingerprint density at radius 1 is 0.400 bits per heavy atom. The van der Waals surface area contributed by atoms with Gasteiger partial charge in [0.25, 0.3) is 6.71 Å². The fourth-order valence-corrected chi connectivity index (χ4v) is 12.5. The van der Waals surface area contributed by atoms with E-state index in [1.807, 2.05) is 0 Å². The second-order valence-corrected chi connectivity index (χ2v) is 25.0. The van der Waals surface area contributed by atoms with Crippen molar-refractivity contribution in [2.45, 2.75) is 111 Å². The summed E-state index contributed by atoms with van der Waals surface area (Å²) in [6, 6.07) is 76.1. The second kappa shape index (κ2) is 17.8. The Kier molecular flexibility index (Phi) is 11.5. The van der Waals surface area contributed by atoms with E-state index in [-0.39, 0.29) is 28.4 Å². The van der Waals surface area contributed by atoms with Crippen LogP contribution in [0.4, 0.5) is 51.2 Å². The molecular weight excluding hydrogens is 906 g/mol. The third-order valence-corrected chi connectivity index (χ3v) is 16.9. The van der Waals surface area contributed by atoms with Gasteiger partial charge in [-0.1, -0.05) is 203 Å². The molecule has 3 aliphatic rings. The van der Waals surface area contributed by atoms with Crippen LogP contribution in [0, 0.1) is 6.92 Å². The number of aryl methyl sites for hydroxylation is 1. The summed E-state index contributed by atoms with van der Waals surface area (Å²) >= 11 is 0. The highest BCUT2D eigenvalue weighted by Crippen LogP contribution is 2.53. The van der Waals surface area contributed by atoms with Crippen molar-refractivity contribution in [3.05, 3.63) is 228 Å². The summed E-state index contributed by atoms with van der Waals surface area (Å²) in [6.07, 6.45) is 2.28. The molecular formula is C71H70BN3. The molecule has 0 radical (unpaired) electrons. The lowest BCUT2D eigenvalue weighted by Crippen LogP contribution is -2.62. The average Bonchev–Trinajstić information content (AvgIpc) is 3.42. The van der Waals surface area contributed by atoms with Gasteiger partial charge in [0.2, 0.25) is 0 Å². The summed E-state index contributed by atoms with van der Waals surface area (Å²) in [6.45, 7) is 26.1. The molecule has 1 aliphatic carbocycles. The molecule has 0 aromatic heterocycles. The minimum atomic E-state index is -0.0820. The Bertz CT molecular complexity index is 3600. The molecule has 0 bridgehead atoms. The molecule has 3 nitrogen and oxygen atoms in total. The van der Waals surface area contributed by atoms with E-state index in [4.69, 9.17) is 0 Å². The third kappa shape index (κ3) is 8.29. The van der Waals surface area contributed by atoms with Crippen molar-refractivity contribution >= 4 is 74.3 Å². The normalized spacial score (nSPS) is 15.2. The predicted octanol–water partition coefficient (Wildman–Crippen LogP) is 17.8. The SMILES string of the molecule is Cc1cc(C(C)(C)C)ccc1N1c2cc3c(cc2B2c4cc(-c5ccccc5)ccc4N(c4ccc(C(C)(C)C)cc4-c4ccccc4)c4cc(N(c5ccccc5)c5ccccc5)cc1c42)C(C)(C)CCC3(C)C. The van der Waals surface area contributed by atoms with Gasteiger partial charge in [-0.15, -0.1) is 0 Å². The lowest BCUT2D eigenvalue weighted by Gasteiger charge is -2.48. The van der Waals surface area contributed by atoms with Crippen molar-refractivity contribution in [1.82, 2.24) is 0 Å². The van der Waals surface area contributed by atoms with Gasteiger partial charge in [-0.3, -0.25) is 0 Å². The molecule has 0 atom stereocenters. The fourth-order valence-electron chi connectivity index (χ4n) is 12.5. The first-order chi connectivity index (χ1) is 35.9. The van der Waals surface area contributed by atoms with E-state index in [0.717, 1.165) is 35.6 Å². The quantitative estimate of drug-likeness (QED) is 0.147. The minimum Gasteiger partial charge on any atom is -0.311 e. The molecule has 4 heteroatoms. The molecule has 0 N–H and O–H groups in total. The van der Waals surface area contributed by atoms with E-state index in [2.05, 4.69) is 291 Å². The van der Waals surface area contributed by atoms with Gasteiger partial charge in [0.1, 0.15) is 0 Å². The van der Waals surface area contributed by atoms with Crippen LogP contribution in [0.1, 0.15) is 110 Å². The maximum absolute atomic E-state index is 2.67. The number of hydrogen-bond acceptors (Lipinski definition) is 3. The Labute approximate surface area is 447 Å². The summed E-state index contributed by atoms with van der Waals surface area (Å²) < 4.78 is 0. The van der Waals surface area contributed by atoms with Gasteiger partial charge in [-0.05, 0) is 169 Å². The monoisotopic (exact) mass is 976 g/mol. The molecule has 12 rings (SSSR count). The van der Waals surface area contributed by atoms with Gasteiger partial charge in [-0.25, -0.2) is 0 Å². The largest absolute Gasteiger partial charge is 0.311 e. The molecule has 0 saturated heterocycles. The smallest absolute Gasteiger partial charge is 0.252 e. The molecule has 372 valence electrons. The van der Waals surface area contributed by atoms with Crippen molar-refractivity contribution in [2.75, 3.05) is 14.7 Å². The van der Waals surface area contributed by atoms with Gasteiger partial charge in [-0.2, -0.15) is 0 Å². The summed E-state index contributed by atoms with van der Waals surface area (Å²) in [5.41, 5.74) is 26.1. The summed E-state index contributed by atoms with van der Waals surface area (Å²) in [7, 11) is 0. The van der Waals surface area contributed by atoms with Crippen molar-refractivity contribution in [2.24, 2.45) is 0 Å². The number of nitrogens with zero attached hydrogens (tertiary/aromatic N) is 3. The number of benzene rings is 9. The number of rotatable bonds is 7. The fraction of sp³-hybridized carbons (Fsp3) is 0.239. The molecule has 9 aromatic carbocycles. The van der Waals surface area contributed by atoms with E-state index < -0.39 is 0 Å². The van der Waals surface area contributed by atoms with Crippen molar-refractivity contribution in [3.8, 4) is 22.3 Å². The first-order valence-corrected chi connectivity index (χ1v) is 27.3. The number of para-hydroxylation sites is 2. The lowest BCUT2D eigenvalue weighted by molar-refractivity contribution is 0.332. The maximum Gasteiger partial charge on any atom is 0.252 e. The maximum atomic E-state index is 2.67. The van der Waals surface area contributed by atoms with Crippen LogP contribution < -0.4 is 31.1 Å². The molecule has 75 heavy (non-hydrogen) atoms. The second-order valence-electron chi connectivity index (χ2n) is 25.0. The Morgan fingerprint density at radius 2 is 0.867 bits per heavy atom. The Hall–Kier alpha value is -7.56. The average molecular weight is 976 g/mol. The summed E-state index contributed by atoms with van der Waals surface area (Å²) in [5, 5.41) is 0. The van der Waals surface area contributed by atoms with Crippen LogP contribution >= 0.6 is 0 Å². The minimum absolute atomic E-state index is 0.00260. The van der Waals surface area contributed by atoms with Crippen LogP contribution in [0.25, 0.3) is 22.3 Å². The molecule has 0 spiro atoms. The highest BCUT2D eigenvalue weighted by atomic mass is 15.2. The predicted molar refractivity (Wildman–Crippen MR) is 323 cm³/mol. The van der Waals surface area contributed by atoms with E-state index in [1.165, 1.54) is 94.9 Å². The van der Waals surface area contributed by atoms with E-state index in [0.29, 0.717) is 0 Å². The number of fused-ring (bicyclic) bond motifs is 5. The molecule has 2 heterocycles. The molecule has 2 aliphatic heterocycles. The van der Waals surface area contributed by atoms with Crippen molar-refractivity contribution in [1.29, 1.82) is 0 Å². The van der Waals surface area contributed by atoms with E-state index in [9.17, 15) is 0 Å². The topological polar surface area (TPSA) is 9.72 Å². The molecule has 0 amide bonds. The summed E-state index contributed by atoms with van der Waals surface area (Å²) in [4.78, 5) is 7.77. The zero-order valence-electron chi connectivity index (χ0n) is 45.9. The molecule has 0 unspecified atom stereocenters. The zero-order chi connectivity index (χ0) is 52.2.